The number of nitrogens with zero attached hydrogens (tertiary/aromatic N) is 1. The Labute approximate surface area is 185 Å². The van der Waals surface area contributed by atoms with E-state index in [9.17, 15) is 33.0 Å². The zero-order valence-electron chi connectivity index (χ0n) is 17.3. The van der Waals surface area contributed by atoms with E-state index in [4.69, 9.17) is 21.3 Å². The summed E-state index contributed by atoms with van der Waals surface area (Å²) >= 11 is 0. The van der Waals surface area contributed by atoms with Gasteiger partial charge in [-0.1, -0.05) is 0 Å². The van der Waals surface area contributed by atoms with E-state index in [-0.39, 0.29) is 0 Å². The lowest BCUT2D eigenvalue weighted by Crippen LogP contribution is -2.60. The molecule has 0 bridgehead atoms. The number of guanidine groups is 1. The van der Waals surface area contributed by atoms with E-state index in [1.165, 1.54) is 0 Å². The van der Waals surface area contributed by atoms with Gasteiger partial charge in [0.2, 0.25) is 5.91 Å². The van der Waals surface area contributed by atoms with Gasteiger partial charge in [0.15, 0.2) is 11.7 Å². The first-order valence-corrected chi connectivity index (χ1v) is 9.57. The first kappa shape index (κ1) is 25.9. The second-order valence-electron chi connectivity index (χ2n) is 7.16. The van der Waals surface area contributed by atoms with Crippen LogP contribution >= 0.6 is 0 Å². The van der Waals surface area contributed by atoms with Gasteiger partial charge >= 0.3 is 0 Å². The minimum atomic E-state index is -1.81. The number of carbonyl (C=O) groups is 2. The van der Waals surface area contributed by atoms with Gasteiger partial charge in [-0.25, -0.2) is 18.2 Å². The molecule has 1 aromatic carbocycles. The summed E-state index contributed by atoms with van der Waals surface area (Å²) < 4.78 is 46.2. The maximum Gasteiger partial charge on any atom is 0.286 e. The number of aliphatic imine (C=N–C) groups is 1. The summed E-state index contributed by atoms with van der Waals surface area (Å²) in [5, 5.41) is 34.0. The average Bonchev–Trinajstić information content (AvgIpc) is 2.71. The monoisotopic (exact) mass is 475 g/mol. The van der Waals surface area contributed by atoms with Gasteiger partial charge in [-0.15, -0.1) is 0 Å². The fourth-order valence-electron chi connectivity index (χ4n) is 3.14. The molecular weight excluding hydrogens is 451 g/mol. The summed E-state index contributed by atoms with van der Waals surface area (Å²) in [6.07, 6.45) is -3.97. The molecule has 0 aromatic heterocycles. The Morgan fingerprint density at radius 2 is 1.82 bits per heavy atom. The van der Waals surface area contributed by atoms with Crippen LogP contribution in [0.5, 0.6) is 0 Å². The molecule has 0 fully saturated rings. The fraction of sp³-hybridized carbons (Fsp3) is 0.421. The molecule has 9 N–H and O–H groups in total. The number of nitrogens with two attached hydrogens (primary N) is 2. The number of halogens is 3. The predicted molar refractivity (Wildman–Crippen MR) is 107 cm³/mol. The molecule has 11 nitrogen and oxygen atoms in total. The van der Waals surface area contributed by atoms with Gasteiger partial charge in [0, 0.05) is 31.2 Å². The third-order valence-electron chi connectivity index (χ3n) is 4.65. The average molecular weight is 475 g/mol. The minimum absolute atomic E-state index is 0.441. The molecule has 5 atom stereocenters. The van der Waals surface area contributed by atoms with E-state index in [0.717, 1.165) is 13.0 Å². The lowest BCUT2D eigenvalue weighted by molar-refractivity contribution is -0.134. The number of carbonyl (C=O) groups excluding carboxylic acids is 2. The number of hydrogen-bond donors (Lipinski definition) is 7. The lowest BCUT2D eigenvalue weighted by atomic mass is 9.92. The highest BCUT2D eigenvalue weighted by atomic mass is 19.1. The van der Waals surface area contributed by atoms with Crippen LogP contribution in [-0.2, 0) is 20.9 Å². The van der Waals surface area contributed by atoms with Crippen LogP contribution in [0.25, 0.3) is 0 Å². The van der Waals surface area contributed by atoms with Gasteiger partial charge in [-0.2, -0.15) is 0 Å². The Morgan fingerprint density at radius 3 is 2.33 bits per heavy atom. The molecule has 0 saturated carbocycles. The quantitative estimate of drug-likeness (QED) is 0.164. The van der Waals surface area contributed by atoms with Gasteiger partial charge in [0.05, 0.1) is 18.7 Å². The highest BCUT2D eigenvalue weighted by molar-refractivity contribution is 5.92. The Balaban J connectivity index is 2.35. The van der Waals surface area contributed by atoms with Gasteiger partial charge in [-0.3, -0.25) is 9.59 Å². The van der Waals surface area contributed by atoms with Crippen molar-refractivity contribution in [2.45, 2.75) is 43.9 Å². The van der Waals surface area contributed by atoms with E-state index in [2.05, 4.69) is 15.6 Å². The molecule has 182 valence electrons. The summed E-state index contributed by atoms with van der Waals surface area (Å²) in [4.78, 5) is 28.1. The van der Waals surface area contributed by atoms with Gasteiger partial charge in [0.1, 0.15) is 35.8 Å². The second kappa shape index (κ2) is 11.0. The second-order valence-corrected chi connectivity index (χ2v) is 7.16. The highest BCUT2D eigenvalue weighted by Crippen LogP contribution is 2.25. The molecule has 2 rings (SSSR count). The zero-order valence-corrected chi connectivity index (χ0v) is 17.3. The van der Waals surface area contributed by atoms with Gasteiger partial charge in [0.25, 0.3) is 5.91 Å². The van der Waals surface area contributed by atoms with Crippen LogP contribution in [0.15, 0.2) is 29.0 Å². The molecule has 0 saturated heterocycles. The molecule has 0 aliphatic carbocycles. The molecule has 1 aliphatic rings. The molecule has 14 heteroatoms. The third-order valence-corrected chi connectivity index (χ3v) is 4.65. The van der Waals surface area contributed by atoms with Crippen LogP contribution in [0, 0.1) is 17.5 Å². The fourth-order valence-corrected chi connectivity index (χ4v) is 3.14. The van der Waals surface area contributed by atoms with Gasteiger partial charge < -0.3 is 42.2 Å². The van der Waals surface area contributed by atoms with Crippen molar-refractivity contribution in [2.24, 2.45) is 16.5 Å². The molecule has 1 heterocycles. The summed E-state index contributed by atoms with van der Waals surface area (Å²) in [6, 6.07) is -1.46. The molecule has 0 radical (unpaired) electrons. The summed E-state index contributed by atoms with van der Waals surface area (Å²) in [5.74, 6) is -6.15. The first-order valence-electron chi connectivity index (χ1n) is 9.57. The molecule has 33 heavy (non-hydrogen) atoms. The third kappa shape index (κ3) is 6.57. The van der Waals surface area contributed by atoms with Crippen LogP contribution < -0.4 is 22.1 Å². The van der Waals surface area contributed by atoms with E-state index in [0.29, 0.717) is 12.1 Å². The largest absolute Gasteiger partial charge is 0.480 e. The summed E-state index contributed by atoms with van der Waals surface area (Å²) in [5.41, 5.74) is 10.2. The van der Waals surface area contributed by atoms with Crippen molar-refractivity contribution >= 4 is 17.8 Å². The van der Waals surface area contributed by atoms with E-state index < -0.39 is 90.1 Å². The Hall–Kier alpha value is -3.36. The maximum absolute atomic E-state index is 13.8. The Morgan fingerprint density at radius 1 is 1.21 bits per heavy atom. The lowest BCUT2D eigenvalue weighted by Gasteiger charge is -2.39. The molecule has 0 spiro atoms. The van der Waals surface area contributed by atoms with Crippen molar-refractivity contribution in [3.63, 3.8) is 0 Å². The topological polar surface area (TPSA) is 193 Å². The number of benzene rings is 1. The number of ether oxygens (including phenoxy) is 1. The molecule has 2 amide bonds. The first-order chi connectivity index (χ1) is 15.4. The smallest absolute Gasteiger partial charge is 0.286 e. The zero-order chi connectivity index (χ0) is 24.9. The van der Waals surface area contributed by atoms with Crippen molar-refractivity contribution in [3.05, 3.63) is 47.0 Å². The van der Waals surface area contributed by atoms with Crippen molar-refractivity contribution in [3.8, 4) is 0 Å². The molecular formula is C19H24F3N5O6. The molecule has 1 aromatic rings. The van der Waals surface area contributed by atoms with E-state index in [1.807, 2.05) is 0 Å². The summed E-state index contributed by atoms with van der Waals surface area (Å²) in [7, 11) is 0. The number of aliphatic hydroxyl groups is 3. The number of aliphatic hydroxyl groups excluding tert-OH is 3. The number of amides is 2. The van der Waals surface area contributed by atoms with Crippen LogP contribution in [0.4, 0.5) is 13.2 Å². The van der Waals surface area contributed by atoms with Crippen molar-refractivity contribution in [2.75, 3.05) is 6.61 Å². The van der Waals surface area contributed by atoms with Crippen molar-refractivity contribution in [1.29, 1.82) is 0 Å². The standard InChI is InChI=1S/C19H24F3N5O6/c1-7(29)26-15-12(27-19(23)24)4-14(33-17(15)16(31)13(30)6-28)18(32)25-5-9-10(21)2-8(20)3-11(9)22/h2-4,12-13,15-17,28,30-31H,5-6H2,1H3,(H,25,32)(H,26,29)(H4,23,24,27)/t12-,13+,15+,16+,17+/m0/s1. The highest BCUT2D eigenvalue weighted by Gasteiger charge is 2.43. The number of rotatable bonds is 8. The van der Waals surface area contributed by atoms with Crippen molar-refractivity contribution in [1.82, 2.24) is 10.6 Å². The maximum atomic E-state index is 13.8. The summed E-state index contributed by atoms with van der Waals surface area (Å²) in [6.45, 7) is -0.419. The van der Waals surface area contributed by atoms with E-state index in [1.54, 1.807) is 0 Å². The Bertz CT molecular complexity index is 933. The normalized spacial score (nSPS) is 21.8. The van der Waals surface area contributed by atoms with Crippen LogP contribution in [0.2, 0.25) is 0 Å². The predicted octanol–water partition coefficient (Wildman–Crippen LogP) is -2.14. The number of hydrogen-bond acceptors (Lipinski definition) is 7. The number of nitrogens with one attached hydrogen (secondary N) is 2. The van der Waals surface area contributed by atoms with Crippen LogP contribution in [0.1, 0.15) is 12.5 Å². The molecule has 0 unspecified atom stereocenters. The molecule has 1 aliphatic heterocycles. The Kier molecular flexibility index (Phi) is 8.62. The van der Waals surface area contributed by atoms with Crippen molar-refractivity contribution < 1.29 is 42.8 Å². The van der Waals surface area contributed by atoms with Crippen LogP contribution in [0.3, 0.4) is 0 Å². The van der Waals surface area contributed by atoms with Gasteiger partial charge in [-0.05, 0) is 6.08 Å². The van der Waals surface area contributed by atoms with E-state index >= 15 is 0 Å². The SMILES string of the molecule is CC(=O)N[C@H]1[C@H]([C@H](O)[C@H](O)CO)OC(C(=O)NCc2c(F)cc(F)cc2F)=C[C@@H]1N=C(N)N. The minimum Gasteiger partial charge on any atom is -0.480 e. The van der Waals surface area contributed by atoms with Crippen LogP contribution in [-0.4, -0.2) is 70.1 Å².